The highest BCUT2D eigenvalue weighted by Gasteiger charge is 2.31. The van der Waals surface area contributed by atoms with E-state index in [0.717, 1.165) is 10.2 Å². The lowest BCUT2D eigenvalue weighted by atomic mass is 10.2. The third kappa shape index (κ3) is 3.71. The Kier molecular flexibility index (Phi) is 5.57. The molecule has 2 aromatic heterocycles. The number of anilines is 1. The topological polar surface area (TPSA) is 128 Å². The molecule has 0 bridgehead atoms. The minimum absolute atomic E-state index is 0.0147. The van der Waals surface area contributed by atoms with Gasteiger partial charge in [-0.25, -0.2) is 13.4 Å². The minimum Gasteiger partial charge on any atom is -0.366 e. The first-order chi connectivity index (χ1) is 16.4. The summed E-state index contributed by atoms with van der Waals surface area (Å²) >= 11 is 6.42. The van der Waals surface area contributed by atoms with Crippen LogP contribution in [0.3, 0.4) is 0 Å². The van der Waals surface area contributed by atoms with Crippen molar-refractivity contribution in [1.82, 2.24) is 24.1 Å². The Morgan fingerprint density at radius 1 is 1.03 bits per heavy atom. The molecule has 1 saturated heterocycles. The molecule has 0 radical (unpaired) electrons. The fraction of sp³-hybridized carbons (Fsp3) is 0.182. The summed E-state index contributed by atoms with van der Waals surface area (Å²) in [5, 5.41) is 13.5. The Bertz CT molecular complexity index is 1570. The lowest BCUT2D eigenvalue weighted by Gasteiger charge is -2.35. The lowest BCUT2D eigenvalue weighted by Crippen LogP contribution is -2.49. The summed E-state index contributed by atoms with van der Waals surface area (Å²) in [4.78, 5) is 22.2. The molecular weight excluding hydrogens is 478 g/mol. The fourth-order valence-corrected chi connectivity index (χ4v) is 5.74. The van der Waals surface area contributed by atoms with Gasteiger partial charge < -0.3 is 9.88 Å². The number of H-pyrrole nitrogens is 1. The van der Waals surface area contributed by atoms with Crippen molar-refractivity contribution in [2.24, 2.45) is 0 Å². The maximum absolute atomic E-state index is 13.1. The summed E-state index contributed by atoms with van der Waals surface area (Å²) in [5.74, 6) is 0.256. The smallest absolute Gasteiger partial charge is 0.295 e. The molecule has 0 amide bonds. The van der Waals surface area contributed by atoms with Crippen molar-refractivity contribution in [2.75, 3.05) is 31.1 Å². The summed E-state index contributed by atoms with van der Waals surface area (Å²) in [6, 6.07) is 15.4. The van der Waals surface area contributed by atoms with E-state index in [1.165, 1.54) is 22.6 Å². The minimum atomic E-state index is -3.83. The van der Waals surface area contributed by atoms with Crippen molar-refractivity contribution < 1.29 is 8.42 Å². The molecule has 1 aliphatic rings. The number of nitrogens with one attached hydrogen (secondary N) is 1. The molecule has 5 rings (SSSR count). The van der Waals surface area contributed by atoms with Crippen LogP contribution in [0.1, 0.15) is 5.56 Å². The Morgan fingerprint density at radius 2 is 1.74 bits per heavy atom. The van der Waals surface area contributed by atoms with Gasteiger partial charge in [0.2, 0.25) is 16.0 Å². The van der Waals surface area contributed by atoms with Crippen LogP contribution >= 0.6 is 11.6 Å². The van der Waals surface area contributed by atoms with E-state index in [9.17, 15) is 18.5 Å². The third-order valence-electron chi connectivity index (χ3n) is 5.68. The Balaban J connectivity index is 1.38. The van der Waals surface area contributed by atoms with Crippen molar-refractivity contribution in [1.29, 1.82) is 5.26 Å². The molecule has 0 aliphatic carbocycles. The summed E-state index contributed by atoms with van der Waals surface area (Å²) < 4.78 is 28.6. The van der Waals surface area contributed by atoms with E-state index in [1.54, 1.807) is 12.1 Å². The Labute approximate surface area is 199 Å². The van der Waals surface area contributed by atoms with E-state index < -0.39 is 15.6 Å². The number of hydrogen-bond donors (Lipinski definition) is 1. The van der Waals surface area contributed by atoms with Crippen LogP contribution in [0.25, 0.3) is 17.0 Å². The van der Waals surface area contributed by atoms with Gasteiger partial charge in [0.05, 0.1) is 33.4 Å². The molecule has 0 saturated carbocycles. The average Bonchev–Trinajstić information content (AvgIpc) is 3.29. The second-order valence-electron chi connectivity index (χ2n) is 7.64. The number of rotatable bonds is 4. The van der Waals surface area contributed by atoms with Gasteiger partial charge in [-0.15, -0.1) is 0 Å². The van der Waals surface area contributed by atoms with E-state index >= 15 is 0 Å². The lowest BCUT2D eigenvalue weighted by molar-refractivity contribution is 0.384. The molecule has 1 fully saturated rings. The molecule has 34 heavy (non-hydrogen) atoms. The first-order valence-corrected chi connectivity index (χ1v) is 12.2. The number of sulfonamides is 1. The number of aromatic nitrogens is 4. The number of fused-ring (bicyclic) bond motifs is 1. The number of para-hydroxylation sites is 2. The van der Waals surface area contributed by atoms with Crippen molar-refractivity contribution in [3.63, 3.8) is 0 Å². The van der Waals surface area contributed by atoms with Crippen LogP contribution in [-0.4, -0.2) is 58.7 Å². The van der Waals surface area contributed by atoms with Crippen LogP contribution in [0.15, 0.2) is 64.4 Å². The number of nitriles is 1. The van der Waals surface area contributed by atoms with Crippen molar-refractivity contribution >= 4 is 38.3 Å². The van der Waals surface area contributed by atoms with Crippen LogP contribution in [0.2, 0.25) is 5.02 Å². The highest BCUT2D eigenvalue weighted by molar-refractivity contribution is 7.89. The maximum Gasteiger partial charge on any atom is 0.295 e. The average molecular weight is 496 g/mol. The van der Waals surface area contributed by atoms with Gasteiger partial charge in [0.15, 0.2) is 0 Å². The molecule has 3 heterocycles. The van der Waals surface area contributed by atoms with E-state index in [1.807, 2.05) is 35.2 Å². The van der Waals surface area contributed by atoms with Gasteiger partial charge in [-0.05, 0) is 24.3 Å². The summed E-state index contributed by atoms with van der Waals surface area (Å²) in [5.41, 5.74) is 1.46. The monoisotopic (exact) mass is 495 g/mol. The van der Waals surface area contributed by atoms with Gasteiger partial charge >= 0.3 is 0 Å². The number of imidazole rings is 1. The number of aromatic amines is 1. The highest BCUT2D eigenvalue weighted by atomic mass is 35.5. The zero-order valence-electron chi connectivity index (χ0n) is 17.7. The van der Waals surface area contributed by atoms with Gasteiger partial charge in [0.1, 0.15) is 11.1 Å². The first-order valence-electron chi connectivity index (χ1n) is 10.4. The number of halogens is 1. The third-order valence-corrected chi connectivity index (χ3v) is 7.99. The van der Waals surface area contributed by atoms with Crippen LogP contribution in [0.5, 0.6) is 0 Å². The quantitative estimate of drug-likeness (QED) is 0.459. The fourth-order valence-electron chi connectivity index (χ4n) is 3.93. The SMILES string of the molecule is N#Cc1ccccc1S(=O)(=O)N1CCN(c2cnn(-c3nc4ccccc4[nH]3)c(=O)c2Cl)CC1. The van der Waals surface area contributed by atoms with Crippen LogP contribution < -0.4 is 10.5 Å². The van der Waals surface area contributed by atoms with Crippen LogP contribution in [0.4, 0.5) is 5.69 Å². The first kappa shape index (κ1) is 22.1. The summed E-state index contributed by atoms with van der Waals surface area (Å²) in [7, 11) is -3.83. The number of piperazine rings is 1. The molecule has 1 N–H and O–H groups in total. The molecule has 10 nitrogen and oxygen atoms in total. The largest absolute Gasteiger partial charge is 0.366 e. The number of benzene rings is 2. The van der Waals surface area contributed by atoms with E-state index in [0.29, 0.717) is 24.3 Å². The van der Waals surface area contributed by atoms with Gasteiger partial charge in [0, 0.05) is 26.2 Å². The van der Waals surface area contributed by atoms with Crippen molar-refractivity contribution in [3.8, 4) is 12.0 Å². The Hall–Kier alpha value is -3.72. The zero-order valence-corrected chi connectivity index (χ0v) is 19.3. The highest BCUT2D eigenvalue weighted by Crippen LogP contribution is 2.26. The molecule has 0 atom stereocenters. The van der Waals surface area contributed by atoms with E-state index in [-0.39, 0.29) is 34.5 Å². The number of hydrogen-bond acceptors (Lipinski definition) is 7. The second-order valence-corrected chi connectivity index (χ2v) is 9.92. The molecule has 12 heteroatoms. The second kappa shape index (κ2) is 8.57. The van der Waals surface area contributed by atoms with Crippen LogP contribution in [0, 0.1) is 11.3 Å². The molecule has 1 aliphatic heterocycles. The van der Waals surface area contributed by atoms with Crippen LogP contribution in [-0.2, 0) is 10.0 Å². The number of nitrogens with zero attached hydrogens (tertiary/aromatic N) is 6. The van der Waals surface area contributed by atoms with Gasteiger partial charge in [-0.1, -0.05) is 35.9 Å². The zero-order chi connectivity index (χ0) is 23.9. The van der Waals surface area contributed by atoms with E-state index in [4.69, 9.17) is 11.6 Å². The normalized spacial score (nSPS) is 14.9. The summed E-state index contributed by atoms with van der Waals surface area (Å²) in [6.45, 7) is 0.961. The van der Waals surface area contributed by atoms with Gasteiger partial charge in [-0.2, -0.15) is 19.3 Å². The maximum atomic E-state index is 13.1. The predicted molar refractivity (Wildman–Crippen MR) is 127 cm³/mol. The molecule has 4 aromatic rings. The molecular formula is C22H18ClN7O3S. The van der Waals surface area contributed by atoms with E-state index in [2.05, 4.69) is 15.1 Å². The molecule has 0 unspecified atom stereocenters. The molecule has 2 aromatic carbocycles. The van der Waals surface area contributed by atoms with Crippen molar-refractivity contribution in [3.05, 3.63) is 75.7 Å². The van der Waals surface area contributed by atoms with Gasteiger partial charge in [-0.3, -0.25) is 4.79 Å². The summed E-state index contributed by atoms with van der Waals surface area (Å²) in [6.07, 6.45) is 1.48. The standard InChI is InChI=1S/C22H18ClN7O3S/c23-20-18(14-25-30(21(20)31)22-26-16-6-2-3-7-17(16)27-22)28-9-11-29(12-10-28)34(32,33)19-8-4-1-5-15(19)13-24/h1-8,14H,9-12H2,(H,26,27). The predicted octanol–water partition coefficient (Wildman–Crippen LogP) is 2.14. The van der Waals surface area contributed by atoms with Crippen molar-refractivity contribution in [2.45, 2.75) is 4.90 Å². The molecule has 0 spiro atoms. The van der Waals surface area contributed by atoms with Gasteiger partial charge in [0.25, 0.3) is 5.56 Å². The Morgan fingerprint density at radius 3 is 2.47 bits per heavy atom. The molecule has 172 valence electrons.